The summed E-state index contributed by atoms with van der Waals surface area (Å²) in [6.45, 7) is 3.07. The van der Waals surface area contributed by atoms with Crippen LogP contribution in [-0.4, -0.2) is 45.7 Å². The lowest BCUT2D eigenvalue weighted by Gasteiger charge is -2.58. The van der Waals surface area contributed by atoms with Gasteiger partial charge in [0.2, 0.25) is 0 Å². The number of amides is 1. The molecule has 3 heterocycles. The molecule has 2 aliphatic heterocycles. The predicted molar refractivity (Wildman–Crippen MR) is 76.0 cm³/mol. The molecule has 6 heteroatoms. The number of rotatable bonds is 2. The Morgan fingerprint density at radius 2 is 2.33 bits per heavy atom. The Morgan fingerprint density at radius 1 is 1.52 bits per heavy atom. The van der Waals surface area contributed by atoms with Crippen molar-refractivity contribution < 1.29 is 10.0 Å². The molecule has 1 amide bonds. The van der Waals surface area contributed by atoms with Crippen molar-refractivity contribution in [3.63, 3.8) is 0 Å². The minimum absolute atomic E-state index is 0.422. The highest BCUT2D eigenvalue weighted by Crippen LogP contribution is 2.43. The minimum atomic E-state index is -0.496. The maximum atomic E-state index is 11.4. The molecule has 0 radical (unpaired) electrons. The average Bonchev–Trinajstić information content (AvgIpc) is 2.43. The summed E-state index contributed by atoms with van der Waals surface area (Å²) in [6.07, 6.45) is 6.31. The second-order valence-corrected chi connectivity index (χ2v) is 6.51. The molecular weight excluding hydrogens is 268 g/mol. The van der Waals surface area contributed by atoms with Crippen LogP contribution in [0.2, 0.25) is 0 Å². The highest BCUT2D eigenvalue weighted by molar-refractivity contribution is 5.93. The van der Waals surface area contributed by atoms with E-state index in [0.29, 0.717) is 17.1 Å². The van der Waals surface area contributed by atoms with Gasteiger partial charge in [-0.05, 0) is 43.9 Å². The molecule has 3 N–H and O–H groups in total. The number of carbonyl (C=O) groups excluding carboxylic acids is 1. The van der Waals surface area contributed by atoms with Gasteiger partial charge in [0.25, 0.3) is 5.91 Å². The minimum Gasteiger partial charge on any atom is -0.311 e. The Labute approximate surface area is 123 Å². The van der Waals surface area contributed by atoms with E-state index in [1.165, 1.54) is 25.8 Å². The largest absolute Gasteiger partial charge is 0.311 e. The Bertz CT molecular complexity index is 577. The number of aromatic nitrogens is 1. The third-order valence-corrected chi connectivity index (χ3v) is 5.32. The Balaban J connectivity index is 1.44. The summed E-state index contributed by atoms with van der Waals surface area (Å²) in [5.74, 6) is -0.496. The third kappa shape index (κ3) is 2.14. The average molecular weight is 288 g/mol. The van der Waals surface area contributed by atoms with Crippen LogP contribution >= 0.6 is 0 Å². The number of fused-ring (bicyclic) bond motifs is 1. The van der Waals surface area contributed by atoms with Crippen molar-refractivity contribution in [1.82, 2.24) is 20.7 Å². The molecule has 1 aromatic heterocycles. The van der Waals surface area contributed by atoms with E-state index in [4.69, 9.17) is 5.21 Å². The van der Waals surface area contributed by atoms with E-state index in [0.717, 1.165) is 30.8 Å². The molecule has 1 aromatic rings. The summed E-state index contributed by atoms with van der Waals surface area (Å²) in [5.41, 5.74) is 4.74. The molecule has 1 saturated carbocycles. The van der Waals surface area contributed by atoms with Gasteiger partial charge in [0.15, 0.2) is 0 Å². The van der Waals surface area contributed by atoms with Crippen LogP contribution in [-0.2, 0) is 13.0 Å². The van der Waals surface area contributed by atoms with E-state index in [9.17, 15) is 4.79 Å². The van der Waals surface area contributed by atoms with Crippen molar-refractivity contribution in [2.75, 3.05) is 13.1 Å². The fraction of sp³-hybridized carbons (Fsp3) is 0.600. The monoisotopic (exact) mass is 288 g/mol. The molecule has 1 aliphatic carbocycles. The van der Waals surface area contributed by atoms with E-state index < -0.39 is 5.91 Å². The van der Waals surface area contributed by atoms with Crippen LogP contribution < -0.4 is 10.8 Å². The van der Waals surface area contributed by atoms with E-state index in [2.05, 4.69) is 15.2 Å². The van der Waals surface area contributed by atoms with Crippen LogP contribution in [0, 0.1) is 0 Å². The molecular formula is C15H20N4O2. The van der Waals surface area contributed by atoms with Crippen molar-refractivity contribution >= 4 is 5.91 Å². The maximum absolute atomic E-state index is 11.4. The van der Waals surface area contributed by atoms with Crippen LogP contribution in [0.1, 0.15) is 40.9 Å². The lowest BCUT2D eigenvalue weighted by molar-refractivity contribution is -0.0117. The normalized spacial score (nSPS) is 31.2. The summed E-state index contributed by atoms with van der Waals surface area (Å²) in [7, 11) is 0. The number of carbonyl (C=O) groups is 1. The summed E-state index contributed by atoms with van der Waals surface area (Å²) < 4.78 is 0. The lowest BCUT2D eigenvalue weighted by atomic mass is 9.66. The number of hydrogen-bond acceptors (Lipinski definition) is 5. The van der Waals surface area contributed by atoms with Gasteiger partial charge in [0.05, 0.1) is 11.3 Å². The third-order valence-electron chi connectivity index (χ3n) is 5.32. The summed E-state index contributed by atoms with van der Waals surface area (Å²) in [6, 6.07) is 2.52. The van der Waals surface area contributed by atoms with Crippen molar-refractivity contribution in [2.24, 2.45) is 0 Å². The molecule has 21 heavy (non-hydrogen) atoms. The fourth-order valence-electron chi connectivity index (χ4n) is 3.86. The van der Waals surface area contributed by atoms with Gasteiger partial charge in [-0.3, -0.25) is 19.9 Å². The predicted octanol–water partition coefficient (Wildman–Crippen LogP) is 0.453. The second kappa shape index (κ2) is 4.76. The molecule has 4 rings (SSSR count). The van der Waals surface area contributed by atoms with Gasteiger partial charge >= 0.3 is 0 Å². The molecule has 6 nitrogen and oxygen atoms in total. The van der Waals surface area contributed by atoms with Gasteiger partial charge in [-0.2, -0.15) is 0 Å². The molecule has 0 aromatic carbocycles. The lowest BCUT2D eigenvalue weighted by Crippen LogP contribution is -2.69. The van der Waals surface area contributed by atoms with Gasteiger partial charge < -0.3 is 5.32 Å². The first-order chi connectivity index (χ1) is 10.2. The Hall–Kier alpha value is -1.50. The fourth-order valence-corrected chi connectivity index (χ4v) is 3.86. The summed E-state index contributed by atoms with van der Waals surface area (Å²) in [4.78, 5) is 18.4. The topological polar surface area (TPSA) is 77.5 Å². The SMILES string of the molecule is O=C(NO)c1cnc2c(c1)CCN(C1CC3(CCN3)C1)C2. The molecule has 1 saturated heterocycles. The second-order valence-electron chi connectivity index (χ2n) is 6.51. The molecule has 3 aliphatic rings. The number of hydrogen-bond donors (Lipinski definition) is 3. The zero-order valence-corrected chi connectivity index (χ0v) is 11.9. The quantitative estimate of drug-likeness (QED) is 0.544. The molecule has 1 spiro atoms. The molecule has 112 valence electrons. The van der Waals surface area contributed by atoms with Gasteiger partial charge in [-0.1, -0.05) is 0 Å². The van der Waals surface area contributed by atoms with Crippen LogP contribution in [0.15, 0.2) is 12.3 Å². The molecule has 2 fully saturated rings. The molecule has 0 bridgehead atoms. The number of nitrogens with one attached hydrogen (secondary N) is 2. The first-order valence-electron chi connectivity index (χ1n) is 7.60. The summed E-state index contributed by atoms with van der Waals surface area (Å²) in [5, 5.41) is 12.2. The van der Waals surface area contributed by atoms with E-state index in [1.807, 2.05) is 6.07 Å². The Morgan fingerprint density at radius 3 is 3.00 bits per heavy atom. The van der Waals surface area contributed by atoms with Gasteiger partial charge in [-0.25, -0.2) is 5.48 Å². The Kier molecular flexibility index (Phi) is 2.99. The zero-order valence-electron chi connectivity index (χ0n) is 11.9. The maximum Gasteiger partial charge on any atom is 0.276 e. The summed E-state index contributed by atoms with van der Waals surface area (Å²) >= 11 is 0. The first-order valence-corrected chi connectivity index (χ1v) is 7.60. The number of pyridine rings is 1. The highest BCUT2D eigenvalue weighted by atomic mass is 16.5. The number of nitrogens with zero attached hydrogens (tertiary/aromatic N) is 2. The van der Waals surface area contributed by atoms with Crippen molar-refractivity contribution in [3.05, 3.63) is 29.1 Å². The van der Waals surface area contributed by atoms with Gasteiger partial charge in [0, 0.05) is 30.9 Å². The van der Waals surface area contributed by atoms with Gasteiger partial charge in [0.1, 0.15) is 0 Å². The van der Waals surface area contributed by atoms with Gasteiger partial charge in [-0.15, -0.1) is 0 Å². The van der Waals surface area contributed by atoms with Crippen LogP contribution in [0.4, 0.5) is 0 Å². The van der Waals surface area contributed by atoms with Crippen molar-refractivity contribution in [2.45, 2.75) is 43.8 Å². The first kappa shape index (κ1) is 13.2. The van der Waals surface area contributed by atoms with Crippen LogP contribution in [0.5, 0.6) is 0 Å². The smallest absolute Gasteiger partial charge is 0.276 e. The van der Waals surface area contributed by atoms with E-state index in [-0.39, 0.29) is 0 Å². The highest BCUT2D eigenvalue weighted by Gasteiger charge is 2.50. The molecule has 0 atom stereocenters. The van der Waals surface area contributed by atoms with Crippen LogP contribution in [0.3, 0.4) is 0 Å². The zero-order chi connectivity index (χ0) is 14.4. The molecule has 0 unspecified atom stereocenters. The van der Waals surface area contributed by atoms with Crippen LogP contribution in [0.25, 0.3) is 0 Å². The van der Waals surface area contributed by atoms with Crippen molar-refractivity contribution in [3.8, 4) is 0 Å². The van der Waals surface area contributed by atoms with E-state index >= 15 is 0 Å². The number of hydroxylamine groups is 1. The van der Waals surface area contributed by atoms with E-state index in [1.54, 1.807) is 11.7 Å². The van der Waals surface area contributed by atoms with Crippen molar-refractivity contribution in [1.29, 1.82) is 0 Å². The standard InChI is InChI=1S/C15H20N4O2/c20-14(18-21)11-5-10-1-4-19(9-13(10)16-8-11)12-6-15(7-12)2-3-17-15/h5,8,12,17,21H,1-4,6-7,9H2,(H,18,20).